The molecule has 22 heavy (non-hydrogen) atoms. The Kier molecular flexibility index (Phi) is 4.14. The van der Waals surface area contributed by atoms with E-state index in [1.165, 1.54) is 10.8 Å². The van der Waals surface area contributed by atoms with Gasteiger partial charge in [-0.1, -0.05) is 42.5 Å². The Morgan fingerprint density at radius 2 is 1.86 bits per heavy atom. The van der Waals surface area contributed by atoms with Crippen molar-refractivity contribution in [1.29, 1.82) is 0 Å². The summed E-state index contributed by atoms with van der Waals surface area (Å²) in [6.45, 7) is 4.14. The summed E-state index contributed by atoms with van der Waals surface area (Å²) in [6, 6.07) is 14.5. The summed E-state index contributed by atoms with van der Waals surface area (Å²) < 4.78 is 0. The van der Waals surface area contributed by atoms with Gasteiger partial charge < -0.3 is 5.32 Å². The van der Waals surface area contributed by atoms with Gasteiger partial charge >= 0.3 is 0 Å². The molecular formula is C19H22ClNO. The first-order valence-electron chi connectivity index (χ1n) is 7.92. The van der Waals surface area contributed by atoms with E-state index in [2.05, 4.69) is 49.5 Å². The monoisotopic (exact) mass is 315 g/mol. The van der Waals surface area contributed by atoms with E-state index in [0.29, 0.717) is 0 Å². The first-order valence-corrected chi connectivity index (χ1v) is 8.35. The molecule has 0 bridgehead atoms. The van der Waals surface area contributed by atoms with E-state index < -0.39 is 5.54 Å². The van der Waals surface area contributed by atoms with Crippen LogP contribution in [-0.2, 0) is 10.3 Å². The number of fused-ring (bicyclic) bond motifs is 1. The molecule has 1 aliphatic rings. The van der Waals surface area contributed by atoms with Crippen molar-refractivity contribution < 1.29 is 4.79 Å². The van der Waals surface area contributed by atoms with Crippen LogP contribution in [0.4, 0.5) is 0 Å². The van der Waals surface area contributed by atoms with Gasteiger partial charge in [0.05, 0.1) is 5.54 Å². The van der Waals surface area contributed by atoms with Gasteiger partial charge in [-0.15, -0.1) is 11.6 Å². The van der Waals surface area contributed by atoms with E-state index in [-0.39, 0.29) is 17.2 Å². The fourth-order valence-corrected chi connectivity index (χ4v) is 3.75. The summed E-state index contributed by atoms with van der Waals surface area (Å²) in [5, 5.41) is 5.77. The molecular weight excluding hydrogens is 294 g/mol. The molecule has 0 unspecified atom stereocenters. The molecule has 0 spiro atoms. The predicted molar refractivity (Wildman–Crippen MR) is 92.1 cm³/mol. The van der Waals surface area contributed by atoms with E-state index in [1.54, 1.807) is 0 Å². The average molecular weight is 316 g/mol. The number of rotatable bonds is 3. The normalized spacial score (nSPS) is 22.0. The molecule has 1 N–H and O–H groups in total. The Hall–Kier alpha value is -1.54. The zero-order chi connectivity index (χ0) is 15.7. The Labute approximate surface area is 136 Å². The molecule has 1 fully saturated rings. The number of alkyl halides is 1. The van der Waals surface area contributed by atoms with Crippen molar-refractivity contribution in [1.82, 2.24) is 5.32 Å². The highest BCUT2D eigenvalue weighted by Gasteiger charge is 2.32. The zero-order valence-electron chi connectivity index (χ0n) is 13.1. The summed E-state index contributed by atoms with van der Waals surface area (Å²) in [5.41, 5.74) is 0.752. The maximum atomic E-state index is 12.5. The van der Waals surface area contributed by atoms with Gasteiger partial charge in [0.1, 0.15) is 0 Å². The molecule has 3 heteroatoms. The number of halogens is 1. The lowest BCUT2D eigenvalue weighted by Gasteiger charge is -2.29. The van der Waals surface area contributed by atoms with Crippen LogP contribution in [0.25, 0.3) is 10.8 Å². The van der Waals surface area contributed by atoms with Crippen molar-refractivity contribution in [3.05, 3.63) is 48.0 Å². The third kappa shape index (κ3) is 2.98. The molecule has 2 aromatic rings. The smallest absolute Gasteiger partial charge is 0.223 e. The van der Waals surface area contributed by atoms with E-state index in [4.69, 9.17) is 11.6 Å². The molecule has 2 nitrogen and oxygen atoms in total. The van der Waals surface area contributed by atoms with Crippen LogP contribution >= 0.6 is 11.6 Å². The van der Waals surface area contributed by atoms with Crippen LogP contribution in [0.5, 0.6) is 0 Å². The number of hydrogen-bond acceptors (Lipinski definition) is 1. The van der Waals surface area contributed by atoms with Crippen molar-refractivity contribution in [3.63, 3.8) is 0 Å². The first-order chi connectivity index (χ1) is 10.5. The predicted octanol–water partition coefficient (Wildman–Crippen LogP) is 4.60. The topological polar surface area (TPSA) is 29.1 Å². The second-order valence-electron chi connectivity index (χ2n) is 6.75. The van der Waals surface area contributed by atoms with Gasteiger partial charge in [-0.2, -0.15) is 0 Å². The first kappa shape index (κ1) is 15.4. The number of carbonyl (C=O) groups excluding carboxylic acids is 1. The van der Waals surface area contributed by atoms with Crippen LogP contribution < -0.4 is 5.32 Å². The maximum absolute atomic E-state index is 12.5. The second kappa shape index (κ2) is 5.92. The number of nitrogens with one attached hydrogen (secondary N) is 1. The Morgan fingerprint density at radius 1 is 1.14 bits per heavy atom. The highest BCUT2D eigenvalue weighted by molar-refractivity contribution is 6.20. The van der Waals surface area contributed by atoms with Crippen molar-refractivity contribution in [3.8, 4) is 0 Å². The van der Waals surface area contributed by atoms with Gasteiger partial charge in [0.25, 0.3) is 0 Å². The second-order valence-corrected chi connectivity index (χ2v) is 7.37. The number of amides is 1. The molecule has 0 aromatic heterocycles. The summed E-state index contributed by atoms with van der Waals surface area (Å²) in [7, 11) is 0. The fraction of sp³-hybridized carbons (Fsp3) is 0.421. The standard InChI is InChI=1S/C19H22ClNO/c1-19(2,21-18(22)14-10-11-15(20)12-14)17-9-5-7-13-6-3-4-8-16(13)17/h3-9,14-15H,10-12H2,1-2H3,(H,21,22)/t14-,15+/m0/s1. The van der Waals surface area contributed by atoms with Gasteiger partial charge in [-0.25, -0.2) is 0 Å². The van der Waals surface area contributed by atoms with Crippen LogP contribution in [-0.4, -0.2) is 11.3 Å². The van der Waals surface area contributed by atoms with Crippen LogP contribution in [0.15, 0.2) is 42.5 Å². The third-order valence-corrected chi connectivity index (χ3v) is 5.03. The van der Waals surface area contributed by atoms with E-state index in [0.717, 1.165) is 24.8 Å². The summed E-state index contributed by atoms with van der Waals surface area (Å²) in [5.74, 6) is 0.179. The van der Waals surface area contributed by atoms with E-state index in [9.17, 15) is 4.79 Å². The molecule has 1 amide bonds. The van der Waals surface area contributed by atoms with Crippen molar-refractivity contribution >= 4 is 28.3 Å². The molecule has 116 valence electrons. The van der Waals surface area contributed by atoms with Crippen LogP contribution in [0, 0.1) is 5.92 Å². The molecule has 0 aliphatic heterocycles. The third-order valence-electron chi connectivity index (χ3n) is 4.64. The number of hydrogen-bond donors (Lipinski definition) is 1. The van der Waals surface area contributed by atoms with Gasteiger partial charge in [-0.05, 0) is 49.4 Å². The number of carbonyl (C=O) groups is 1. The molecule has 1 saturated carbocycles. The summed E-state index contributed by atoms with van der Waals surface area (Å²) >= 11 is 6.14. The van der Waals surface area contributed by atoms with Crippen LogP contribution in [0.3, 0.4) is 0 Å². The van der Waals surface area contributed by atoms with Crippen molar-refractivity contribution in [2.45, 2.75) is 44.0 Å². The van der Waals surface area contributed by atoms with Crippen molar-refractivity contribution in [2.24, 2.45) is 5.92 Å². The van der Waals surface area contributed by atoms with Gasteiger partial charge in [-0.3, -0.25) is 4.79 Å². The lowest BCUT2D eigenvalue weighted by molar-refractivity contribution is -0.126. The highest BCUT2D eigenvalue weighted by Crippen LogP contribution is 2.32. The summed E-state index contributed by atoms with van der Waals surface area (Å²) in [6.07, 6.45) is 2.62. The largest absolute Gasteiger partial charge is 0.347 e. The SMILES string of the molecule is CC(C)(NC(=O)[C@H]1CC[C@@H](Cl)C1)c1cccc2ccccc12. The maximum Gasteiger partial charge on any atom is 0.223 e. The molecule has 1 aliphatic carbocycles. The van der Waals surface area contributed by atoms with Crippen LogP contribution in [0.2, 0.25) is 0 Å². The molecule has 2 aromatic carbocycles. The van der Waals surface area contributed by atoms with E-state index >= 15 is 0 Å². The lowest BCUT2D eigenvalue weighted by atomic mass is 9.88. The quantitative estimate of drug-likeness (QED) is 0.824. The number of benzene rings is 2. The Morgan fingerprint density at radius 3 is 2.59 bits per heavy atom. The molecule has 0 heterocycles. The minimum Gasteiger partial charge on any atom is -0.347 e. The highest BCUT2D eigenvalue weighted by atomic mass is 35.5. The molecule has 3 rings (SSSR count). The molecule has 2 atom stereocenters. The minimum absolute atomic E-state index is 0.0525. The average Bonchev–Trinajstić information content (AvgIpc) is 2.93. The van der Waals surface area contributed by atoms with Crippen molar-refractivity contribution in [2.75, 3.05) is 0 Å². The summed E-state index contributed by atoms with van der Waals surface area (Å²) in [4.78, 5) is 12.5. The van der Waals surface area contributed by atoms with Gasteiger partial charge in [0, 0.05) is 11.3 Å². The Bertz CT molecular complexity index is 689. The fourth-order valence-electron chi connectivity index (χ4n) is 3.41. The Balaban J connectivity index is 1.87. The minimum atomic E-state index is -0.400. The van der Waals surface area contributed by atoms with Crippen LogP contribution in [0.1, 0.15) is 38.7 Å². The van der Waals surface area contributed by atoms with E-state index in [1.807, 2.05) is 12.1 Å². The van der Waals surface area contributed by atoms with Gasteiger partial charge in [0.15, 0.2) is 0 Å². The zero-order valence-corrected chi connectivity index (χ0v) is 13.9. The lowest BCUT2D eigenvalue weighted by Crippen LogP contribution is -2.43. The molecule has 0 saturated heterocycles. The van der Waals surface area contributed by atoms with Gasteiger partial charge in [0.2, 0.25) is 5.91 Å². The molecule has 0 radical (unpaired) electrons.